The number of halogens is 2. The van der Waals surface area contributed by atoms with Crippen molar-refractivity contribution in [1.82, 2.24) is 0 Å². The first-order valence-corrected chi connectivity index (χ1v) is 12.0. The van der Waals surface area contributed by atoms with Crippen LogP contribution in [0, 0.1) is 28.6 Å². The van der Waals surface area contributed by atoms with Crippen LogP contribution in [0.2, 0.25) is 0 Å². The second kappa shape index (κ2) is 6.72. The van der Waals surface area contributed by atoms with Crippen LogP contribution in [0.3, 0.4) is 0 Å². The number of hydrogen-bond acceptors (Lipinski definition) is 5. The lowest BCUT2D eigenvalue weighted by Gasteiger charge is -2.63. The molecule has 7 heteroatoms. The normalized spacial score (nSPS) is 52.3. The van der Waals surface area contributed by atoms with Crippen LogP contribution in [0.25, 0.3) is 0 Å². The van der Waals surface area contributed by atoms with Crippen molar-refractivity contribution in [2.75, 3.05) is 12.0 Å². The number of alkyl halides is 2. The molecule has 0 bridgehead atoms. The van der Waals surface area contributed by atoms with E-state index in [0.717, 1.165) is 0 Å². The van der Waals surface area contributed by atoms with Gasteiger partial charge in [-0.3, -0.25) is 9.59 Å². The summed E-state index contributed by atoms with van der Waals surface area (Å²) in [5.41, 5.74) is -6.29. The first kappa shape index (κ1) is 22.2. The lowest BCUT2D eigenvalue weighted by molar-refractivity contribution is -0.222. The summed E-state index contributed by atoms with van der Waals surface area (Å²) < 4.78 is 32.3. The number of ketones is 2. The van der Waals surface area contributed by atoms with E-state index in [9.17, 15) is 19.8 Å². The van der Waals surface area contributed by atoms with Crippen LogP contribution >= 0.6 is 11.8 Å². The van der Waals surface area contributed by atoms with Gasteiger partial charge >= 0.3 is 0 Å². The van der Waals surface area contributed by atoms with Crippen LogP contribution in [0.5, 0.6) is 0 Å². The average Bonchev–Trinajstić information content (AvgIpc) is 2.88. The number of carbonyl (C=O) groups is 2. The minimum Gasteiger partial charge on any atom is -0.390 e. The van der Waals surface area contributed by atoms with E-state index in [-0.39, 0.29) is 35.7 Å². The minimum atomic E-state index is -2.18. The van der Waals surface area contributed by atoms with Crippen LogP contribution in [-0.2, 0) is 9.59 Å². The third kappa shape index (κ3) is 2.40. The molecule has 0 saturated heterocycles. The Morgan fingerprint density at radius 1 is 1.30 bits per heavy atom. The highest BCUT2D eigenvalue weighted by Crippen LogP contribution is 2.71. The molecule has 0 aromatic heterocycles. The number of aliphatic hydroxyl groups is 2. The molecule has 3 saturated carbocycles. The zero-order chi connectivity index (χ0) is 22.3. The number of fused-ring (bicyclic) bond motifs is 5. The molecule has 0 aromatic carbocycles. The van der Waals surface area contributed by atoms with E-state index in [4.69, 9.17) is 0 Å². The quantitative estimate of drug-likeness (QED) is 0.705. The summed E-state index contributed by atoms with van der Waals surface area (Å²) in [7, 11) is 0. The van der Waals surface area contributed by atoms with Crippen molar-refractivity contribution in [2.45, 2.75) is 63.6 Å². The van der Waals surface area contributed by atoms with Crippen molar-refractivity contribution in [3.8, 4) is 0 Å². The number of allylic oxidation sites excluding steroid dienone is 4. The van der Waals surface area contributed by atoms with Crippen molar-refractivity contribution in [1.29, 1.82) is 0 Å². The second-order valence-electron chi connectivity index (χ2n) is 10.1. The van der Waals surface area contributed by atoms with Gasteiger partial charge < -0.3 is 10.2 Å². The zero-order valence-corrected chi connectivity index (χ0v) is 18.6. The van der Waals surface area contributed by atoms with Gasteiger partial charge in [-0.2, -0.15) is 11.8 Å². The van der Waals surface area contributed by atoms with Crippen molar-refractivity contribution < 1.29 is 28.6 Å². The molecule has 0 heterocycles. The van der Waals surface area contributed by atoms with E-state index >= 15 is 8.78 Å². The van der Waals surface area contributed by atoms with Gasteiger partial charge in [0, 0.05) is 16.7 Å². The van der Waals surface area contributed by atoms with Gasteiger partial charge in [0.1, 0.15) is 11.8 Å². The molecule has 2 N–H and O–H groups in total. The number of Topliss-reactive ketones (excluding diaryl/α,β-unsaturated/α-hetero) is 1. The Morgan fingerprint density at radius 2 is 1.97 bits per heavy atom. The summed E-state index contributed by atoms with van der Waals surface area (Å²) in [6.45, 7) is 5.09. The van der Waals surface area contributed by atoms with Crippen LogP contribution < -0.4 is 0 Å². The predicted octanol–water partition coefficient (Wildman–Crippen LogP) is 3.21. The van der Waals surface area contributed by atoms with Gasteiger partial charge in [0.25, 0.3) is 0 Å². The summed E-state index contributed by atoms with van der Waals surface area (Å²) in [5, 5.41) is 22.8. The molecule has 0 aromatic rings. The Balaban J connectivity index is 1.84. The number of aliphatic hydroxyl groups excluding tert-OH is 1. The van der Waals surface area contributed by atoms with Crippen LogP contribution in [0.1, 0.15) is 40.0 Å². The lowest BCUT2D eigenvalue weighted by atomic mass is 9.44. The second-order valence-corrected chi connectivity index (χ2v) is 11.0. The monoisotopic (exact) mass is 440 g/mol. The maximum absolute atomic E-state index is 17.0. The molecule has 3 fully saturated rings. The van der Waals surface area contributed by atoms with Gasteiger partial charge in [0.2, 0.25) is 0 Å². The van der Waals surface area contributed by atoms with Gasteiger partial charge in [-0.25, -0.2) is 8.78 Å². The SMILES string of the molecule is CSCC(=O)[C@@]1(O)C(C)C[C@H]2[C@@H]3CC(F)C4=CC(=O)C=C[C@]4(C)[C@@]3(F)C(O)C[C@@]21C. The highest BCUT2D eigenvalue weighted by molar-refractivity contribution is 7.99. The summed E-state index contributed by atoms with van der Waals surface area (Å²) in [4.78, 5) is 24.9. The molecule has 4 rings (SSSR count). The van der Waals surface area contributed by atoms with Crippen LogP contribution in [-0.4, -0.2) is 57.3 Å². The number of thioether (sulfide) groups is 1. The van der Waals surface area contributed by atoms with Gasteiger partial charge in [-0.15, -0.1) is 0 Å². The predicted molar refractivity (Wildman–Crippen MR) is 112 cm³/mol. The van der Waals surface area contributed by atoms with Gasteiger partial charge in [0.15, 0.2) is 17.2 Å². The minimum absolute atomic E-state index is 0.0798. The molecule has 9 atom stereocenters. The van der Waals surface area contributed by atoms with E-state index in [1.54, 1.807) is 27.0 Å². The molecule has 166 valence electrons. The molecular weight excluding hydrogens is 410 g/mol. The molecule has 4 aliphatic carbocycles. The van der Waals surface area contributed by atoms with E-state index in [1.165, 1.54) is 30.0 Å². The average molecular weight is 441 g/mol. The van der Waals surface area contributed by atoms with Crippen molar-refractivity contribution in [3.05, 3.63) is 23.8 Å². The highest BCUT2D eigenvalue weighted by atomic mass is 32.2. The molecule has 0 amide bonds. The third-order valence-electron chi connectivity index (χ3n) is 8.91. The highest BCUT2D eigenvalue weighted by Gasteiger charge is 2.76. The van der Waals surface area contributed by atoms with E-state index in [1.807, 2.05) is 0 Å². The van der Waals surface area contributed by atoms with Crippen LogP contribution in [0.15, 0.2) is 23.8 Å². The number of carbonyl (C=O) groups excluding carboxylic acids is 2. The van der Waals surface area contributed by atoms with E-state index < -0.39 is 52.1 Å². The fourth-order valence-corrected chi connectivity index (χ4v) is 7.86. The van der Waals surface area contributed by atoms with Crippen molar-refractivity contribution >= 4 is 23.3 Å². The van der Waals surface area contributed by atoms with Crippen molar-refractivity contribution in [3.63, 3.8) is 0 Å². The maximum atomic E-state index is 17.0. The van der Waals surface area contributed by atoms with Crippen molar-refractivity contribution in [2.24, 2.45) is 28.6 Å². The third-order valence-corrected chi connectivity index (χ3v) is 9.46. The molecule has 3 unspecified atom stereocenters. The van der Waals surface area contributed by atoms with Gasteiger partial charge in [-0.05, 0) is 62.0 Å². The Morgan fingerprint density at radius 3 is 2.60 bits per heavy atom. The molecule has 4 nitrogen and oxygen atoms in total. The Hall–Kier alpha value is -1.05. The summed E-state index contributed by atoms with van der Waals surface area (Å²) in [6, 6.07) is 0. The van der Waals surface area contributed by atoms with Crippen LogP contribution in [0.4, 0.5) is 8.78 Å². The Labute approximate surface area is 180 Å². The van der Waals surface area contributed by atoms with E-state index in [0.29, 0.717) is 6.42 Å². The summed E-state index contributed by atoms with van der Waals surface area (Å²) >= 11 is 1.32. The molecule has 0 aliphatic heterocycles. The topological polar surface area (TPSA) is 74.6 Å². The molecule has 30 heavy (non-hydrogen) atoms. The van der Waals surface area contributed by atoms with Gasteiger partial charge in [-0.1, -0.05) is 19.9 Å². The first-order chi connectivity index (χ1) is 13.9. The zero-order valence-electron chi connectivity index (χ0n) is 17.8. The largest absolute Gasteiger partial charge is 0.390 e. The standard InChI is InChI=1S/C23H30F2O4S/c1-12-7-14-15-9-17(24)16-8-13(26)5-6-20(16,2)22(15,25)18(27)10-21(14,3)23(12,29)19(28)11-30-4/h5-6,8,12,14-15,17-18,27,29H,7,9-11H2,1-4H3/t12?,14-,15-,17?,18?,20-,21-,22-,23-/m0/s1. The Kier molecular flexibility index (Phi) is 4.96. The van der Waals surface area contributed by atoms with E-state index in [2.05, 4.69) is 0 Å². The summed E-state index contributed by atoms with van der Waals surface area (Å²) in [6.07, 6.45) is 2.71. The Bertz CT molecular complexity index is 858. The molecule has 0 radical (unpaired) electrons. The number of rotatable bonds is 3. The van der Waals surface area contributed by atoms with Gasteiger partial charge in [0.05, 0.1) is 11.9 Å². The molecule has 0 spiro atoms. The smallest absolute Gasteiger partial charge is 0.178 e. The lowest BCUT2D eigenvalue weighted by Crippen LogP contribution is -2.70. The fraction of sp³-hybridized carbons (Fsp3) is 0.739. The molecular formula is C23H30F2O4S. The maximum Gasteiger partial charge on any atom is 0.178 e. The number of hydrogen-bond donors (Lipinski definition) is 2. The first-order valence-electron chi connectivity index (χ1n) is 10.6. The summed E-state index contributed by atoms with van der Waals surface area (Å²) in [5.74, 6) is -2.32. The molecule has 4 aliphatic rings. The fourth-order valence-electron chi connectivity index (χ4n) is 7.37.